The third-order valence-corrected chi connectivity index (χ3v) is 3.74. The number of carbonyl (C=O) groups excluding carboxylic acids is 1. The number of piperidine rings is 1. The maximum atomic E-state index is 12.6. The number of hydrogen-bond acceptors (Lipinski definition) is 4. The number of hydrogen-bond donors (Lipinski definition) is 1. The first kappa shape index (κ1) is 14.9. The Balaban J connectivity index is 2.07. The summed E-state index contributed by atoms with van der Waals surface area (Å²) >= 11 is 0. The van der Waals surface area contributed by atoms with Gasteiger partial charge in [-0.3, -0.25) is 9.78 Å². The standard InChI is InChI=1S/C15H24N4O/c1-11(2)19(10-13-5-4-6-16-8-13)15(20)14-9-17-12(3)7-18-14/h7,9,11,13,16H,4-6,8,10H2,1-3H3. The van der Waals surface area contributed by atoms with Crippen LogP contribution in [0.1, 0.15) is 42.9 Å². The van der Waals surface area contributed by atoms with Crippen LogP contribution in [0.25, 0.3) is 0 Å². The van der Waals surface area contributed by atoms with E-state index in [0.29, 0.717) is 11.6 Å². The van der Waals surface area contributed by atoms with E-state index < -0.39 is 0 Å². The Bertz CT molecular complexity index is 438. The second-order valence-electron chi connectivity index (χ2n) is 5.81. The molecule has 5 nitrogen and oxygen atoms in total. The number of aryl methyl sites for hydroxylation is 1. The van der Waals surface area contributed by atoms with Crippen LogP contribution in [0.2, 0.25) is 0 Å². The molecule has 1 unspecified atom stereocenters. The molecular weight excluding hydrogens is 252 g/mol. The van der Waals surface area contributed by atoms with Crippen LogP contribution in [0.4, 0.5) is 0 Å². The highest BCUT2D eigenvalue weighted by molar-refractivity contribution is 5.92. The lowest BCUT2D eigenvalue weighted by Crippen LogP contribution is -2.44. The molecule has 1 N–H and O–H groups in total. The normalized spacial score (nSPS) is 19.1. The summed E-state index contributed by atoms with van der Waals surface area (Å²) in [5.41, 5.74) is 1.27. The Hall–Kier alpha value is -1.49. The molecule has 1 aromatic rings. The van der Waals surface area contributed by atoms with Gasteiger partial charge in [0.25, 0.3) is 5.91 Å². The Morgan fingerprint density at radius 2 is 2.25 bits per heavy atom. The van der Waals surface area contributed by atoms with Crippen LogP contribution in [0.15, 0.2) is 12.4 Å². The fraction of sp³-hybridized carbons (Fsp3) is 0.667. The van der Waals surface area contributed by atoms with Crippen LogP contribution in [0, 0.1) is 12.8 Å². The van der Waals surface area contributed by atoms with Gasteiger partial charge in [-0.25, -0.2) is 4.98 Å². The van der Waals surface area contributed by atoms with Crippen LogP contribution in [-0.4, -0.2) is 46.5 Å². The van der Waals surface area contributed by atoms with Gasteiger partial charge in [0.2, 0.25) is 0 Å². The summed E-state index contributed by atoms with van der Waals surface area (Å²) < 4.78 is 0. The van der Waals surface area contributed by atoms with E-state index in [-0.39, 0.29) is 11.9 Å². The fourth-order valence-corrected chi connectivity index (χ4v) is 2.54. The van der Waals surface area contributed by atoms with Gasteiger partial charge in [-0.2, -0.15) is 0 Å². The Morgan fingerprint density at radius 3 is 2.80 bits per heavy atom. The monoisotopic (exact) mass is 276 g/mol. The molecule has 5 heteroatoms. The van der Waals surface area contributed by atoms with E-state index in [2.05, 4.69) is 29.1 Å². The van der Waals surface area contributed by atoms with Gasteiger partial charge >= 0.3 is 0 Å². The van der Waals surface area contributed by atoms with Crippen LogP contribution < -0.4 is 5.32 Å². The summed E-state index contributed by atoms with van der Waals surface area (Å²) in [5.74, 6) is 0.520. The zero-order valence-corrected chi connectivity index (χ0v) is 12.6. The third kappa shape index (κ3) is 3.76. The number of rotatable bonds is 4. The molecule has 1 aliphatic rings. The van der Waals surface area contributed by atoms with Gasteiger partial charge in [0.05, 0.1) is 11.9 Å². The van der Waals surface area contributed by atoms with Gasteiger partial charge in [0.15, 0.2) is 0 Å². The summed E-state index contributed by atoms with van der Waals surface area (Å²) in [6.45, 7) is 8.85. The summed E-state index contributed by atoms with van der Waals surface area (Å²) in [7, 11) is 0. The molecule has 20 heavy (non-hydrogen) atoms. The Labute approximate surface area is 120 Å². The zero-order valence-electron chi connectivity index (χ0n) is 12.6. The van der Waals surface area contributed by atoms with Crippen molar-refractivity contribution in [3.8, 4) is 0 Å². The van der Waals surface area contributed by atoms with E-state index in [4.69, 9.17) is 0 Å². The van der Waals surface area contributed by atoms with E-state index in [9.17, 15) is 4.79 Å². The van der Waals surface area contributed by atoms with Crippen molar-refractivity contribution in [1.29, 1.82) is 0 Å². The third-order valence-electron chi connectivity index (χ3n) is 3.74. The summed E-state index contributed by atoms with van der Waals surface area (Å²) in [6.07, 6.45) is 5.60. The maximum Gasteiger partial charge on any atom is 0.274 e. The molecule has 1 saturated heterocycles. The molecule has 1 amide bonds. The molecule has 1 fully saturated rings. The SMILES string of the molecule is Cc1cnc(C(=O)N(CC2CCCNC2)C(C)C)cn1. The molecule has 1 atom stereocenters. The Kier molecular flexibility index (Phi) is 5.06. The molecule has 0 saturated carbocycles. The highest BCUT2D eigenvalue weighted by Crippen LogP contribution is 2.15. The van der Waals surface area contributed by atoms with Gasteiger partial charge in [-0.05, 0) is 52.6 Å². The quantitative estimate of drug-likeness (QED) is 0.908. The minimum atomic E-state index is -0.0157. The predicted molar refractivity (Wildman–Crippen MR) is 78.5 cm³/mol. The second kappa shape index (κ2) is 6.79. The predicted octanol–water partition coefficient (Wildman–Crippen LogP) is 1.64. The maximum absolute atomic E-state index is 12.6. The molecule has 0 aliphatic carbocycles. The lowest BCUT2D eigenvalue weighted by atomic mass is 9.98. The molecular formula is C15H24N4O. The van der Waals surface area contributed by atoms with Crippen molar-refractivity contribution in [2.45, 2.75) is 39.7 Å². The lowest BCUT2D eigenvalue weighted by molar-refractivity contribution is 0.0654. The van der Waals surface area contributed by atoms with Gasteiger partial charge in [-0.15, -0.1) is 0 Å². The first-order chi connectivity index (χ1) is 9.58. The summed E-state index contributed by atoms with van der Waals surface area (Å²) in [4.78, 5) is 22.9. The number of aromatic nitrogens is 2. The van der Waals surface area contributed by atoms with Gasteiger partial charge in [-0.1, -0.05) is 0 Å². The summed E-state index contributed by atoms with van der Waals surface area (Å²) in [6, 6.07) is 0.174. The van der Waals surface area contributed by atoms with Crippen molar-refractivity contribution in [3.63, 3.8) is 0 Å². The highest BCUT2D eigenvalue weighted by Gasteiger charge is 2.24. The average Bonchev–Trinajstić information content (AvgIpc) is 2.45. The van der Waals surface area contributed by atoms with E-state index in [1.165, 1.54) is 12.8 Å². The smallest absolute Gasteiger partial charge is 0.274 e. The second-order valence-corrected chi connectivity index (χ2v) is 5.81. The van der Waals surface area contributed by atoms with Crippen molar-refractivity contribution >= 4 is 5.91 Å². The van der Waals surface area contributed by atoms with Crippen molar-refractivity contribution in [2.75, 3.05) is 19.6 Å². The Morgan fingerprint density at radius 1 is 1.45 bits per heavy atom. The first-order valence-corrected chi connectivity index (χ1v) is 7.38. The molecule has 0 spiro atoms. The minimum Gasteiger partial charge on any atom is -0.335 e. The molecule has 0 radical (unpaired) electrons. The average molecular weight is 276 g/mol. The van der Waals surface area contributed by atoms with E-state index in [1.807, 2.05) is 11.8 Å². The molecule has 0 bridgehead atoms. The molecule has 0 aromatic carbocycles. The summed E-state index contributed by atoms with van der Waals surface area (Å²) in [5, 5.41) is 3.40. The number of amides is 1. The van der Waals surface area contributed by atoms with E-state index >= 15 is 0 Å². The van der Waals surface area contributed by atoms with Gasteiger partial charge < -0.3 is 10.2 Å². The van der Waals surface area contributed by atoms with Crippen LogP contribution in [0.3, 0.4) is 0 Å². The zero-order chi connectivity index (χ0) is 14.5. The van der Waals surface area contributed by atoms with Gasteiger partial charge in [0, 0.05) is 18.8 Å². The number of carbonyl (C=O) groups is 1. The van der Waals surface area contributed by atoms with E-state index in [0.717, 1.165) is 25.3 Å². The van der Waals surface area contributed by atoms with Gasteiger partial charge in [0.1, 0.15) is 5.69 Å². The minimum absolute atomic E-state index is 0.0157. The van der Waals surface area contributed by atoms with Crippen LogP contribution >= 0.6 is 0 Å². The first-order valence-electron chi connectivity index (χ1n) is 7.38. The molecule has 110 valence electrons. The molecule has 2 heterocycles. The highest BCUT2D eigenvalue weighted by atomic mass is 16.2. The van der Waals surface area contributed by atoms with Crippen molar-refractivity contribution in [3.05, 3.63) is 23.8 Å². The number of nitrogens with zero attached hydrogens (tertiary/aromatic N) is 3. The fourth-order valence-electron chi connectivity index (χ4n) is 2.54. The van der Waals surface area contributed by atoms with Crippen LogP contribution in [0.5, 0.6) is 0 Å². The molecule has 1 aliphatic heterocycles. The molecule has 1 aromatic heterocycles. The number of nitrogens with one attached hydrogen (secondary N) is 1. The largest absolute Gasteiger partial charge is 0.335 e. The van der Waals surface area contributed by atoms with Crippen molar-refractivity contribution < 1.29 is 4.79 Å². The topological polar surface area (TPSA) is 58.1 Å². The lowest BCUT2D eigenvalue weighted by Gasteiger charge is -2.32. The van der Waals surface area contributed by atoms with Crippen molar-refractivity contribution in [1.82, 2.24) is 20.2 Å². The van der Waals surface area contributed by atoms with E-state index in [1.54, 1.807) is 12.4 Å². The van der Waals surface area contributed by atoms with Crippen LogP contribution in [-0.2, 0) is 0 Å². The van der Waals surface area contributed by atoms with Crippen molar-refractivity contribution in [2.24, 2.45) is 5.92 Å². The molecule has 2 rings (SSSR count).